The fourth-order valence-electron chi connectivity index (χ4n) is 1.76. The van der Waals surface area contributed by atoms with Crippen LogP contribution in [0.5, 0.6) is 5.88 Å². The Bertz CT molecular complexity index is 412. The van der Waals surface area contributed by atoms with Gasteiger partial charge in [-0.1, -0.05) is 20.8 Å². The van der Waals surface area contributed by atoms with Crippen molar-refractivity contribution in [3.63, 3.8) is 0 Å². The van der Waals surface area contributed by atoms with Gasteiger partial charge < -0.3 is 9.47 Å². The summed E-state index contributed by atoms with van der Waals surface area (Å²) in [7, 11) is 0. The highest BCUT2D eigenvalue weighted by Crippen LogP contribution is 2.25. The average Bonchev–Trinajstić information content (AvgIpc) is 2.28. The van der Waals surface area contributed by atoms with Crippen molar-refractivity contribution < 1.29 is 9.47 Å². The molecule has 1 aromatic rings. The van der Waals surface area contributed by atoms with Crippen LogP contribution in [0.2, 0.25) is 0 Å². The first-order valence-corrected chi connectivity index (χ1v) is 7.04. The lowest BCUT2D eigenvalue weighted by atomic mass is 9.96. The Hall–Kier alpha value is -0.680. The lowest BCUT2D eigenvalue weighted by molar-refractivity contribution is 0.0234. The summed E-state index contributed by atoms with van der Waals surface area (Å²) in [5, 5.41) is 0. The summed E-state index contributed by atoms with van der Waals surface area (Å²) in [6.45, 7) is 7.80. The van der Waals surface area contributed by atoms with Gasteiger partial charge in [-0.2, -0.15) is 4.98 Å². The van der Waals surface area contributed by atoms with Crippen molar-refractivity contribution in [1.82, 2.24) is 9.97 Å². The van der Waals surface area contributed by atoms with Gasteiger partial charge in [0.05, 0.1) is 13.2 Å². The summed E-state index contributed by atoms with van der Waals surface area (Å²) in [5.74, 6) is 1.44. The molecule has 0 N–H and O–H groups in total. The molecular formula is C13H19BrN2O2. The topological polar surface area (TPSA) is 44.2 Å². The van der Waals surface area contributed by atoms with Crippen LogP contribution in [0.4, 0.5) is 0 Å². The molecule has 1 aliphatic heterocycles. The van der Waals surface area contributed by atoms with Crippen molar-refractivity contribution in [1.29, 1.82) is 0 Å². The fraction of sp³-hybridized carbons (Fsp3) is 0.692. The number of halogens is 1. The van der Waals surface area contributed by atoms with Crippen LogP contribution in [0, 0.1) is 0 Å². The number of hydrogen-bond donors (Lipinski definition) is 0. The molecule has 0 unspecified atom stereocenters. The zero-order chi connectivity index (χ0) is 13.2. The van der Waals surface area contributed by atoms with Crippen molar-refractivity contribution in [2.75, 3.05) is 13.2 Å². The Morgan fingerprint density at radius 2 is 1.94 bits per heavy atom. The van der Waals surface area contributed by atoms with E-state index in [1.54, 1.807) is 0 Å². The minimum Gasteiger partial charge on any atom is -0.474 e. The van der Waals surface area contributed by atoms with E-state index >= 15 is 0 Å². The van der Waals surface area contributed by atoms with Crippen LogP contribution in [0.25, 0.3) is 0 Å². The number of ether oxygens (including phenoxy) is 2. The molecule has 0 spiro atoms. The fourth-order valence-corrected chi connectivity index (χ4v) is 2.12. The minimum atomic E-state index is -0.0857. The van der Waals surface area contributed by atoms with Gasteiger partial charge in [-0.25, -0.2) is 4.98 Å². The Morgan fingerprint density at radius 3 is 2.56 bits per heavy atom. The van der Waals surface area contributed by atoms with Crippen LogP contribution in [0.15, 0.2) is 10.7 Å². The van der Waals surface area contributed by atoms with E-state index in [-0.39, 0.29) is 11.5 Å². The van der Waals surface area contributed by atoms with E-state index in [1.165, 1.54) is 0 Å². The van der Waals surface area contributed by atoms with Gasteiger partial charge in [0.1, 0.15) is 16.5 Å². The summed E-state index contributed by atoms with van der Waals surface area (Å²) in [6.07, 6.45) is 2.05. The number of nitrogens with zero attached hydrogens (tertiary/aromatic N) is 2. The smallest absolute Gasteiger partial charge is 0.218 e. The molecule has 1 aliphatic rings. The Balaban J connectivity index is 2.14. The third-order valence-electron chi connectivity index (χ3n) is 2.80. The number of aromatic nitrogens is 2. The largest absolute Gasteiger partial charge is 0.474 e. The van der Waals surface area contributed by atoms with Crippen LogP contribution in [-0.4, -0.2) is 29.3 Å². The highest BCUT2D eigenvalue weighted by Gasteiger charge is 2.21. The number of hydrogen-bond acceptors (Lipinski definition) is 4. The molecule has 1 saturated heterocycles. The predicted octanol–water partition coefficient (Wildman–Crippen LogP) is 3.09. The zero-order valence-corrected chi connectivity index (χ0v) is 12.7. The first-order chi connectivity index (χ1) is 8.45. The second kappa shape index (κ2) is 5.53. The van der Waals surface area contributed by atoms with Gasteiger partial charge in [-0.15, -0.1) is 0 Å². The second-order valence-electron chi connectivity index (χ2n) is 5.53. The van der Waals surface area contributed by atoms with E-state index in [0.29, 0.717) is 5.88 Å². The molecule has 0 saturated carbocycles. The monoisotopic (exact) mass is 314 g/mol. The van der Waals surface area contributed by atoms with Crippen LogP contribution in [0.1, 0.15) is 39.4 Å². The van der Waals surface area contributed by atoms with Gasteiger partial charge >= 0.3 is 0 Å². The van der Waals surface area contributed by atoms with Gasteiger partial charge in [-0.05, 0) is 15.9 Å². The van der Waals surface area contributed by atoms with E-state index in [2.05, 4.69) is 46.7 Å². The zero-order valence-electron chi connectivity index (χ0n) is 11.1. The lowest BCUT2D eigenvalue weighted by Crippen LogP contribution is -2.27. The first-order valence-electron chi connectivity index (χ1n) is 6.24. The lowest BCUT2D eigenvalue weighted by Gasteiger charge is -2.24. The maximum atomic E-state index is 5.91. The van der Waals surface area contributed by atoms with E-state index in [4.69, 9.17) is 9.47 Å². The maximum absolute atomic E-state index is 5.91. The van der Waals surface area contributed by atoms with Crippen LogP contribution < -0.4 is 4.74 Å². The molecule has 0 aromatic carbocycles. The van der Waals surface area contributed by atoms with Crippen molar-refractivity contribution >= 4 is 15.9 Å². The molecule has 4 nitrogen and oxygen atoms in total. The van der Waals surface area contributed by atoms with E-state index in [9.17, 15) is 0 Å². The molecule has 0 amide bonds. The highest BCUT2D eigenvalue weighted by molar-refractivity contribution is 9.10. The summed E-state index contributed by atoms with van der Waals surface area (Å²) < 4.78 is 12.0. The van der Waals surface area contributed by atoms with Gasteiger partial charge in [0, 0.05) is 24.3 Å². The Kier molecular flexibility index (Phi) is 4.22. The molecule has 2 heterocycles. The summed E-state index contributed by atoms with van der Waals surface area (Å²) in [6, 6.07) is 1.82. The summed E-state index contributed by atoms with van der Waals surface area (Å²) in [5.41, 5.74) is -0.0857. The van der Waals surface area contributed by atoms with Crippen LogP contribution in [0.3, 0.4) is 0 Å². The SMILES string of the molecule is CC(C)(C)c1nc(Br)cc(OC2CCOCC2)n1. The van der Waals surface area contributed by atoms with E-state index < -0.39 is 0 Å². The molecule has 1 fully saturated rings. The molecule has 0 atom stereocenters. The van der Waals surface area contributed by atoms with Crippen LogP contribution in [-0.2, 0) is 10.2 Å². The molecular weight excluding hydrogens is 296 g/mol. The van der Waals surface area contributed by atoms with Gasteiger partial charge in [0.15, 0.2) is 0 Å². The molecule has 2 rings (SSSR count). The minimum absolute atomic E-state index is 0.0857. The normalized spacial score (nSPS) is 17.8. The van der Waals surface area contributed by atoms with Crippen molar-refractivity contribution in [3.8, 4) is 5.88 Å². The Labute approximate surface area is 116 Å². The quantitative estimate of drug-likeness (QED) is 0.787. The third kappa shape index (κ3) is 3.65. The Morgan fingerprint density at radius 1 is 1.28 bits per heavy atom. The molecule has 18 heavy (non-hydrogen) atoms. The first kappa shape index (κ1) is 13.7. The molecule has 0 bridgehead atoms. The van der Waals surface area contributed by atoms with Crippen LogP contribution >= 0.6 is 15.9 Å². The summed E-state index contributed by atoms with van der Waals surface area (Å²) in [4.78, 5) is 8.89. The van der Waals surface area contributed by atoms with Crippen molar-refractivity contribution in [2.24, 2.45) is 0 Å². The molecule has 0 aliphatic carbocycles. The van der Waals surface area contributed by atoms with E-state index in [1.807, 2.05) is 6.07 Å². The second-order valence-corrected chi connectivity index (χ2v) is 6.34. The van der Waals surface area contributed by atoms with Crippen molar-refractivity contribution in [2.45, 2.75) is 45.1 Å². The van der Waals surface area contributed by atoms with Gasteiger partial charge in [-0.3, -0.25) is 0 Å². The predicted molar refractivity (Wildman–Crippen MR) is 72.9 cm³/mol. The highest BCUT2D eigenvalue weighted by atomic mass is 79.9. The van der Waals surface area contributed by atoms with E-state index in [0.717, 1.165) is 36.5 Å². The van der Waals surface area contributed by atoms with Crippen molar-refractivity contribution in [3.05, 3.63) is 16.5 Å². The van der Waals surface area contributed by atoms with Gasteiger partial charge in [0.25, 0.3) is 0 Å². The maximum Gasteiger partial charge on any atom is 0.218 e. The summed E-state index contributed by atoms with van der Waals surface area (Å²) >= 11 is 3.41. The number of rotatable bonds is 2. The standard InChI is InChI=1S/C13H19BrN2O2/c1-13(2,3)12-15-10(14)8-11(16-12)18-9-4-6-17-7-5-9/h8-9H,4-7H2,1-3H3. The molecule has 1 aromatic heterocycles. The molecule has 0 radical (unpaired) electrons. The molecule has 5 heteroatoms. The average molecular weight is 315 g/mol. The molecule has 100 valence electrons. The van der Waals surface area contributed by atoms with Gasteiger partial charge in [0.2, 0.25) is 5.88 Å². The third-order valence-corrected chi connectivity index (χ3v) is 3.20.